The summed E-state index contributed by atoms with van der Waals surface area (Å²) in [5, 5.41) is 0. The van der Waals surface area contributed by atoms with Crippen LogP contribution >= 0.6 is 0 Å². The second kappa shape index (κ2) is 7.08. The fourth-order valence-corrected chi connectivity index (χ4v) is 4.15. The number of hydrogen-bond donors (Lipinski definition) is 1. The van der Waals surface area contributed by atoms with E-state index in [2.05, 4.69) is 28.5 Å². The summed E-state index contributed by atoms with van der Waals surface area (Å²) in [4.78, 5) is 5.01. The van der Waals surface area contributed by atoms with Crippen LogP contribution in [0.15, 0.2) is 23.1 Å². The molecule has 1 aliphatic heterocycles. The predicted octanol–water partition coefficient (Wildman–Crippen LogP) is 1.22. The van der Waals surface area contributed by atoms with Crippen molar-refractivity contribution in [1.82, 2.24) is 14.5 Å². The number of piperazine rings is 1. The zero-order valence-electron chi connectivity index (χ0n) is 14.0. The lowest BCUT2D eigenvalue weighted by atomic mass is 10.2. The zero-order valence-corrected chi connectivity index (χ0v) is 14.8. The first-order chi connectivity index (χ1) is 10.3. The molecule has 6 heteroatoms. The molecule has 1 aromatic carbocycles. The molecule has 0 spiro atoms. The highest BCUT2D eigenvalue weighted by atomic mass is 32.2. The molecule has 1 heterocycles. The van der Waals surface area contributed by atoms with Crippen molar-refractivity contribution in [3.8, 4) is 0 Å². The van der Waals surface area contributed by atoms with Gasteiger partial charge in [0.2, 0.25) is 10.0 Å². The highest BCUT2D eigenvalue weighted by Crippen LogP contribution is 2.16. The number of aryl methyl sites for hydroxylation is 2. The van der Waals surface area contributed by atoms with E-state index in [9.17, 15) is 8.42 Å². The van der Waals surface area contributed by atoms with Gasteiger partial charge in [-0.2, -0.15) is 0 Å². The number of nitrogens with zero attached hydrogens (tertiary/aromatic N) is 2. The van der Waals surface area contributed by atoms with Gasteiger partial charge < -0.3 is 4.90 Å². The molecule has 0 amide bonds. The maximum absolute atomic E-state index is 12.5. The Labute approximate surface area is 134 Å². The Balaban J connectivity index is 1.97. The average molecular weight is 325 g/mol. The highest BCUT2D eigenvalue weighted by molar-refractivity contribution is 7.89. The van der Waals surface area contributed by atoms with Crippen LogP contribution in [0.2, 0.25) is 0 Å². The van der Waals surface area contributed by atoms with Gasteiger partial charge in [0.25, 0.3) is 0 Å². The van der Waals surface area contributed by atoms with Crippen LogP contribution in [0, 0.1) is 13.8 Å². The number of benzene rings is 1. The van der Waals surface area contributed by atoms with E-state index in [1.54, 1.807) is 6.07 Å². The molecular formula is C16H27N3O2S. The predicted molar refractivity (Wildman–Crippen MR) is 89.6 cm³/mol. The molecule has 1 fully saturated rings. The van der Waals surface area contributed by atoms with Crippen LogP contribution in [0.5, 0.6) is 0 Å². The first-order valence-electron chi connectivity index (χ1n) is 7.79. The summed E-state index contributed by atoms with van der Waals surface area (Å²) >= 11 is 0. The fourth-order valence-electron chi connectivity index (χ4n) is 2.80. The van der Waals surface area contributed by atoms with Crippen LogP contribution in [0.1, 0.15) is 18.1 Å². The summed E-state index contributed by atoms with van der Waals surface area (Å²) in [5.41, 5.74) is 1.86. The van der Waals surface area contributed by atoms with Crippen LogP contribution in [-0.2, 0) is 10.0 Å². The normalized spacial score (nSPS) is 19.3. The van der Waals surface area contributed by atoms with Gasteiger partial charge in [0.15, 0.2) is 0 Å². The van der Waals surface area contributed by atoms with E-state index >= 15 is 0 Å². The quantitative estimate of drug-likeness (QED) is 0.884. The molecule has 1 N–H and O–H groups in total. The Morgan fingerprint density at radius 3 is 2.41 bits per heavy atom. The molecule has 1 saturated heterocycles. The van der Waals surface area contributed by atoms with E-state index in [0.29, 0.717) is 11.4 Å². The molecule has 0 unspecified atom stereocenters. The minimum Gasteiger partial charge on any atom is -0.304 e. The van der Waals surface area contributed by atoms with Crippen molar-refractivity contribution >= 4 is 10.0 Å². The summed E-state index contributed by atoms with van der Waals surface area (Å²) in [6.45, 7) is 10.4. The van der Waals surface area contributed by atoms with Gasteiger partial charge in [0.1, 0.15) is 0 Å². The van der Waals surface area contributed by atoms with Gasteiger partial charge in [0, 0.05) is 38.8 Å². The van der Waals surface area contributed by atoms with E-state index < -0.39 is 10.0 Å². The lowest BCUT2D eigenvalue weighted by Crippen LogP contribution is -2.51. The Bertz CT molecular complexity index is 608. The van der Waals surface area contributed by atoms with Gasteiger partial charge in [-0.05, 0) is 39.4 Å². The number of hydrogen-bond acceptors (Lipinski definition) is 4. The highest BCUT2D eigenvalue weighted by Gasteiger charge is 2.22. The summed E-state index contributed by atoms with van der Waals surface area (Å²) in [6, 6.07) is 5.63. The SMILES string of the molecule is Cc1ccc(S(=O)(=O)NC[C@H](C)N2CCN(C)CC2)c(C)c1. The van der Waals surface area contributed by atoms with E-state index in [1.165, 1.54) is 0 Å². The van der Waals surface area contributed by atoms with Gasteiger partial charge in [-0.15, -0.1) is 0 Å². The van der Waals surface area contributed by atoms with Crippen molar-refractivity contribution in [2.45, 2.75) is 31.7 Å². The lowest BCUT2D eigenvalue weighted by Gasteiger charge is -2.36. The monoisotopic (exact) mass is 325 g/mol. The smallest absolute Gasteiger partial charge is 0.240 e. The third-order valence-electron chi connectivity index (χ3n) is 4.35. The second-order valence-corrected chi connectivity index (χ2v) is 8.04. The minimum atomic E-state index is -3.44. The van der Waals surface area contributed by atoms with Crippen molar-refractivity contribution in [3.63, 3.8) is 0 Å². The Morgan fingerprint density at radius 2 is 1.82 bits per heavy atom. The van der Waals surface area contributed by atoms with Crippen molar-refractivity contribution in [1.29, 1.82) is 0 Å². The maximum Gasteiger partial charge on any atom is 0.240 e. The molecule has 0 saturated carbocycles. The topological polar surface area (TPSA) is 52.7 Å². The summed E-state index contributed by atoms with van der Waals surface area (Å²) in [5.74, 6) is 0. The summed E-state index contributed by atoms with van der Waals surface area (Å²) in [6.07, 6.45) is 0. The third-order valence-corrected chi connectivity index (χ3v) is 5.93. The first-order valence-corrected chi connectivity index (χ1v) is 9.27. The number of likely N-dealkylation sites (N-methyl/N-ethyl adjacent to an activating group) is 1. The molecule has 1 aromatic rings. The fraction of sp³-hybridized carbons (Fsp3) is 0.625. The van der Waals surface area contributed by atoms with Crippen LogP contribution in [-0.4, -0.2) is 64.0 Å². The molecule has 1 aliphatic rings. The molecule has 5 nitrogen and oxygen atoms in total. The maximum atomic E-state index is 12.5. The third kappa shape index (κ3) is 4.29. The first kappa shape index (κ1) is 17.4. The zero-order chi connectivity index (χ0) is 16.3. The molecule has 0 aromatic heterocycles. The summed E-state index contributed by atoms with van der Waals surface area (Å²) < 4.78 is 27.7. The van der Waals surface area contributed by atoms with Gasteiger partial charge >= 0.3 is 0 Å². The average Bonchev–Trinajstić information content (AvgIpc) is 2.45. The van der Waals surface area contributed by atoms with E-state index in [0.717, 1.165) is 37.3 Å². The van der Waals surface area contributed by atoms with Crippen LogP contribution < -0.4 is 4.72 Å². The van der Waals surface area contributed by atoms with E-state index in [-0.39, 0.29) is 6.04 Å². The van der Waals surface area contributed by atoms with Crippen molar-refractivity contribution in [2.24, 2.45) is 0 Å². The molecule has 124 valence electrons. The van der Waals surface area contributed by atoms with Gasteiger partial charge in [0.05, 0.1) is 4.90 Å². The molecule has 0 bridgehead atoms. The van der Waals surface area contributed by atoms with Gasteiger partial charge in [-0.3, -0.25) is 4.90 Å². The van der Waals surface area contributed by atoms with Crippen molar-refractivity contribution in [3.05, 3.63) is 29.3 Å². The molecule has 2 rings (SSSR count). The second-order valence-electron chi connectivity index (χ2n) is 6.31. The Morgan fingerprint density at radius 1 is 1.18 bits per heavy atom. The molecule has 1 atom stereocenters. The van der Waals surface area contributed by atoms with Crippen LogP contribution in [0.25, 0.3) is 0 Å². The van der Waals surface area contributed by atoms with Crippen molar-refractivity contribution in [2.75, 3.05) is 39.8 Å². The minimum absolute atomic E-state index is 0.203. The van der Waals surface area contributed by atoms with E-state index in [4.69, 9.17) is 0 Å². The largest absolute Gasteiger partial charge is 0.304 e. The van der Waals surface area contributed by atoms with Gasteiger partial charge in [-0.25, -0.2) is 13.1 Å². The number of nitrogens with one attached hydrogen (secondary N) is 1. The molecule has 22 heavy (non-hydrogen) atoms. The standard InChI is InChI=1S/C16H27N3O2S/c1-13-5-6-16(14(2)11-13)22(20,21)17-12-15(3)19-9-7-18(4)8-10-19/h5-6,11,15,17H,7-10,12H2,1-4H3/t15-/m0/s1. The molecule has 0 aliphatic carbocycles. The Hall–Kier alpha value is -0.950. The number of rotatable bonds is 5. The number of sulfonamides is 1. The van der Waals surface area contributed by atoms with Crippen LogP contribution in [0.4, 0.5) is 0 Å². The van der Waals surface area contributed by atoms with Gasteiger partial charge in [-0.1, -0.05) is 17.7 Å². The van der Waals surface area contributed by atoms with Crippen LogP contribution in [0.3, 0.4) is 0 Å². The van der Waals surface area contributed by atoms with Crippen molar-refractivity contribution < 1.29 is 8.42 Å². The lowest BCUT2D eigenvalue weighted by molar-refractivity contribution is 0.120. The Kier molecular flexibility index (Phi) is 5.60. The molecule has 0 radical (unpaired) electrons. The summed E-state index contributed by atoms with van der Waals surface area (Å²) in [7, 11) is -1.32. The van der Waals surface area contributed by atoms with E-state index in [1.807, 2.05) is 26.0 Å². The molecular weight excluding hydrogens is 298 g/mol.